The van der Waals surface area contributed by atoms with Crippen molar-refractivity contribution in [1.29, 1.82) is 0 Å². The van der Waals surface area contributed by atoms with E-state index in [0.717, 1.165) is 37.5 Å². The second-order valence-electron chi connectivity index (χ2n) is 6.27. The fraction of sp³-hybridized carbons (Fsp3) is 0.812. The van der Waals surface area contributed by atoms with Crippen LogP contribution in [0.5, 0.6) is 0 Å². The molecule has 0 amide bonds. The molecule has 0 atom stereocenters. The van der Waals surface area contributed by atoms with Crippen LogP contribution < -0.4 is 5.32 Å². The topological polar surface area (TPSA) is 50.1 Å². The van der Waals surface area contributed by atoms with Gasteiger partial charge in [-0.2, -0.15) is 5.10 Å². The van der Waals surface area contributed by atoms with Gasteiger partial charge in [0.15, 0.2) is 0 Å². The molecule has 1 aliphatic carbocycles. The summed E-state index contributed by atoms with van der Waals surface area (Å²) in [7, 11) is 0. The summed E-state index contributed by atoms with van der Waals surface area (Å²) in [5, 5.41) is 18.5. The number of aliphatic hydroxyl groups is 1. The quantitative estimate of drug-likeness (QED) is 0.841. The molecule has 4 nitrogen and oxygen atoms in total. The van der Waals surface area contributed by atoms with Crippen LogP contribution >= 0.6 is 0 Å². The zero-order valence-corrected chi connectivity index (χ0v) is 13.2. The summed E-state index contributed by atoms with van der Waals surface area (Å²) in [5.74, 6) is 0.819. The summed E-state index contributed by atoms with van der Waals surface area (Å²) in [6.45, 7) is 8.76. The number of nitrogens with zero attached hydrogens (tertiary/aromatic N) is 2. The van der Waals surface area contributed by atoms with E-state index in [1.165, 1.54) is 25.0 Å². The average molecular weight is 279 g/mol. The van der Waals surface area contributed by atoms with Crippen molar-refractivity contribution in [3.8, 4) is 0 Å². The predicted molar refractivity (Wildman–Crippen MR) is 81.5 cm³/mol. The number of rotatable bonds is 6. The molecule has 1 fully saturated rings. The molecule has 1 aromatic heterocycles. The van der Waals surface area contributed by atoms with Gasteiger partial charge in [-0.15, -0.1) is 0 Å². The maximum Gasteiger partial charge on any atom is 0.0771 e. The van der Waals surface area contributed by atoms with Crippen molar-refractivity contribution in [1.82, 2.24) is 15.1 Å². The first-order chi connectivity index (χ1) is 9.56. The lowest BCUT2D eigenvalue weighted by molar-refractivity contribution is -0.00891. The lowest BCUT2D eigenvalue weighted by atomic mass is 9.78. The van der Waals surface area contributed by atoms with Gasteiger partial charge in [0.05, 0.1) is 17.0 Å². The molecule has 1 saturated carbocycles. The number of nitrogens with one attached hydrogen (secondary N) is 1. The van der Waals surface area contributed by atoms with E-state index in [2.05, 4.69) is 30.3 Å². The molecule has 20 heavy (non-hydrogen) atoms. The van der Waals surface area contributed by atoms with Crippen molar-refractivity contribution in [2.24, 2.45) is 5.92 Å². The van der Waals surface area contributed by atoms with E-state index in [0.29, 0.717) is 6.54 Å². The van der Waals surface area contributed by atoms with E-state index in [9.17, 15) is 5.11 Å². The highest BCUT2D eigenvalue weighted by Crippen LogP contribution is 2.33. The van der Waals surface area contributed by atoms with E-state index >= 15 is 0 Å². The fourth-order valence-corrected chi connectivity index (χ4v) is 3.24. The molecule has 0 saturated heterocycles. The van der Waals surface area contributed by atoms with Gasteiger partial charge in [-0.05, 0) is 51.5 Å². The van der Waals surface area contributed by atoms with Crippen LogP contribution in [0.2, 0.25) is 0 Å². The van der Waals surface area contributed by atoms with Crippen molar-refractivity contribution in [3.63, 3.8) is 0 Å². The number of aryl methyl sites for hydroxylation is 2. The summed E-state index contributed by atoms with van der Waals surface area (Å²) >= 11 is 0. The summed E-state index contributed by atoms with van der Waals surface area (Å²) in [6, 6.07) is 2.12. The fourth-order valence-electron chi connectivity index (χ4n) is 3.24. The van der Waals surface area contributed by atoms with E-state index < -0.39 is 5.60 Å². The molecule has 0 aromatic carbocycles. The highest BCUT2D eigenvalue weighted by atomic mass is 16.3. The predicted octanol–water partition coefficient (Wildman–Crippen LogP) is 2.63. The van der Waals surface area contributed by atoms with E-state index in [-0.39, 0.29) is 0 Å². The molecule has 1 aliphatic rings. The molecule has 0 unspecified atom stereocenters. The second-order valence-corrected chi connectivity index (χ2v) is 6.27. The Balaban J connectivity index is 1.80. The average Bonchev–Trinajstić information content (AvgIpc) is 2.80. The van der Waals surface area contributed by atoms with Gasteiger partial charge >= 0.3 is 0 Å². The third-order valence-electron chi connectivity index (χ3n) is 4.66. The molecule has 4 heteroatoms. The zero-order chi connectivity index (χ0) is 14.6. The summed E-state index contributed by atoms with van der Waals surface area (Å²) in [5.41, 5.74) is 1.76. The first-order valence-corrected chi connectivity index (χ1v) is 8.02. The Morgan fingerprint density at radius 1 is 1.40 bits per heavy atom. The molecule has 114 valence electrons. The molecule has 1 aromatic rings. The van der Waals surface area contributed by atoms with Gasteiger partial charge in [-0.3, -0.25) is 4.68 Å². The van der Waals surface area contributed by atoms with Crippen LogP contribution in [0.1, 0.15) is 57.3 Å². The smallest absolute Gasteiger partial charge is 0.0771 e. The largest absolute Gasteiger partial charge is 0.389 e. The van der Waals surface area contributed by atoms with Crippen LogP contribution in [0.15, 0.2) is 6.07 Å². The standard InChI is InChI=1S/C16H29N3O/c1-4-14-6-8-16(20,9-7-14)12-17-11-15-10-13(3)18-19(15)5-2/h10,14,17,20H,4-9,11-12H2,1-3H3. The van der Waals surface area contributed by atoms with Crippen molar-refractivity contribution in [2.75, 3.05) is 6.54 Å². The van der Waals surface area contributed by atoms with Crippen LogP contribution in [0.4, 0.5) is 0 Å². The van der Waals surface area contributed by atoms with Crippen LogP contribution in [0.25, 0.3) is 0 Å². The molecule has 0 bridgehead atoms. The lowest BCUT2D eigenvalue weighted by Crippen LogP contribution is -2.43. The third-order valence-corrected chi connectivity index (χ3v) is 4.66. The normalized spacial score (nSPS) is 26.9. The first-order valence-electron chi connectivity index (χ1n) is 8.02. The van der Waals surface area contributed by atoms with Crippen LogP contribution in [0, 0.1) is 12.8 Å². The van der Waals surface area contributed by atoms with Crippen LogP contribution in [-0.2, 0) is 13.1 Å². The number of hydrogen-bond donors (Lipinski definition) is 2. The minimum absolute atomic E-state index is 0.502. The SMILES string of the molecule is CCC1CCC(O)(CNCc2cc(C)nn2CC)CC1. The van der Waals surface area contributed by atoms with Crippen molar-refractivity contribution in [3.05, 3.63) is 17.5 Å². The number of hydrogen-bond acceptors (Lipinski definition) is 3. The van der Waals surface area contributed by atoms with Crippen molar-refractivity contribution >= 4 is 0 Å². The Bertz CT molecular complexity index is 419. The van der Waals surface area contributed by atoms with Gasteiger partial charge < -0.3 is 10.4 Å². The van der Waals surface area contributed by atoms with Gasteiger partial charge in [0.25, 0.3) is 0 Å². The number of aromatic nitrogens is 2. The van der Waals surface area contributed by atoms with Gasteiger partial charge in [0, 0.05) is 19.6 Å². The van der Waals surface area contributed by atoms with Crippen molar-refractivity contribution < 1.29 is 5.11 Å². The van der Waals surface area contributed by atoms with E-state index in [1.807, 2.05) is 11.6 Å². The molecular weight excluding hydrogens is 250 g/mol. The third kappa shape index (κ3) is 3.83. The summed E-state index contributed by atoms with van der Waals surface area (Å²) < 4.78 is 2.03. The van der Waals surface area contributed by atoms with Gasteiger partial charge in [0.1, 0.15) is 0 Å². The molecule has 0 radical (unpaired) electrons. The van der Waals surface area contributed by atoms with Gasteiger partial charge in [0.2, 0.25) is 0 Å². The minimum atomic E-state index is -0.502. The second kappa shape index (κ2) is 6.72. The highest BCUT2D eigenvalue weighted by molar-refractivity contribution is 5.08. The monoisotopic (exact) mass is 279 g/mol. The Labute approximate surface area is 122 Å². The summed E-state index contributed by atoms with van der Waals surface area (Å²) in [4.78, 5) is 0. The van der Waals surface area contributed by atoms with E-state index in [1.54, 1.807) is 0 Å². The molecule has 0 spiro atoms. The molecular formula is C16H29N3O. The first kappa shape index (κ1) is 15.5. The molecule has 2 N–H and O–H groups in total. The van der Waals surface area contributed by atoms with Crippen LogP contribution in [0.3, 0.4) is 0 Å². The molecule has 1 heterocycles. The maximum atomic E-state index is 10.6. The lowest BCUT2D eigenvalue weighted by Gasteiger charge is -2.36. The Kier molecular flexibility index (Phi) is 5.22. The Hall–Kier alpha value is -0.870. The van der Waals surface area contributed by atoms with Gasteiger partial charge in [-0.1, -0.05) is 13.3 Å². The zero-order valence-electron chi connectivity index (χ0n) is 13.2. The molecule has 2 rings (SSSR count). The Morgan fingerprint density at radius 2 is 2.10 bits per heavy atom. The van der Waals surface area contributed by atoms with E-state index in [4.69, 9.17) is 0 Å². The van der Waals surface area contributed by atoms with Crippen molar-refractivity contribution in [2.45, 2.75) is 71.6 Å². The molecule has 0 aliphatic heterocycles. The minimum Gasteiger partial charge on any atom is -0.389 e. The summed E-state index contributed by atoms with van der Waals surface area (Å²) in [6.07, 6.45) is 5.45. The maximum absolute atomic E-state index is 10.6. The Morgan fingerprint density at radius 3 is 2.70 bits per heavy atom. The highest BCUT2D eigenvalue weighted by Gasteiger charge is 2.32. The van der Waals surface area contributed by atoms with Gasteiger partial charge in [-0.25, -0.2) is 0 Å². The van der Waals surface area contributed by atoms with Crippen LogP contribution in [-0.4, -0.2) is 27.0 Å².